The quantitative estimate of drug-likeness (QED) is 0.374. The van der Waals surface area contributed by atoms with Crippen molar-refractivity contribution in [2.24, 2.45) is 0 Å². The Hall–Kier alpha value is -1.17. The van der Waals surface area contributed by atoms with Gasteiger partial charge in [0, 0.05) is 0 Å². The molecule has 0 aromatic heterocycles. The first-order chi connectivity index (χ1) is 6.81. The van der Waals surface area contributed by atoms with Crippen LogP contribution in [0.2, 0.25) is 0 Å². The van der Waals surface area contributed by atoms with Gasteiger partial charge in [-0.3, -0.25) is 0 Å². The highest BCUT2D eigenvalue weighted by Crippen LogP contribution is 1.99. The van der Waals surface area contributed by atoms with Crippen LogP contribution in [0.4, 0.5) is 4.79 Å². The van der Waals surface area contributed by atoms with Gasteiger partial charge in [-0.1, -0.05) is 32.1 Å². The molecule has 0 fully saturated rings. The Labute approximate surface area is 85.8 Å². The minimum atomic E-state index is -0.621. The van der Waals surface area contributed by atoms with E-state index in [1.54, 1.807) is 6.92 Å². The third-order valence-electron chi connectivity index (χ3n) is 1.66. The smallest absolute Gasteiger partial charge is 0.434 e. The van der Waals surface area contributed by atoms with Crippen LogP contribution in [0.5, 0.6) is 0 Å². The number of carbonyl (C=O) groups is 1. The van der Waals surface area contributed by atoms with E-state index in [0.29, 0.717) is 6.61 Å². The first-order valence-corrected chi connectivity index (χ1v) is 5.00. The summed E-state index contributed by atoms with van der Waals surface area (Å²) >= 11 is 0. The zero-order valence-corrected chi connectivity index (χ0v) is 8.97. The van der Waals surface area contributed by atoms with Crippen LogP contribution >= 0.6 is 0 Å². The third kappa shape index (κ3) is 8.92. The first-order valence-electron chi connectivity index (χ1n) is 5.00. The second-order valence-corrected chi connectivity index (χ2v) is 2.87. The van der Waals surface area contributed by atoms with Gasteiger partial charge in [0.15, 0.2) is 6.61 Å². The number of hydrogen-bond donors (Lipinski definition) is 0. The fourth-order valence-corrected chi connectivity index (χ4v) is 0.893. The van der Waals surface area contributed by atoms with E-state index in [2.05, 4.69) is 23.5 Å². The largest absolute Gasteiger partial charge is 0.509 e. The van der Waals surface area contributed by atoms with Crippen molar-refractivity contribution in [2.75, 3.05) is 13.2 Å². The fourth-order valence-electron chi connectivity index (χ4n) is 0.893. The van der Waals surface area contributed by atoms with Gasteiger partial charge in [-0.15, -0.1) is 5.92 Å². The normalized spacial score (nSPS) is 8.71. The van der Waals surface area contributed by atoms with Gasteiger partial charge in [-0.2, -0.15) is 0 Å². The van der Waals surface area contributed by atoms with Gasteiger partial charge in [-0.05, 0) is 13.3 Å². The lowest BCUT2D eigenvalue weighted by Crippen LogP contribution is -2.08. The maximum atomic E-state index is 10.8. The molecule has 0 N–H and O–H groups in total. The zero-order valence-electron chi connectivity index (χ0n) is 8.97. The van der Waals surface area contributed by atoms with E-state index in [0.717, 1.165) is 12.8 Å². The van der Waals surface area contributed by atoms with Crippen LogP contribution in [-0.2, 0) is 9.47 Å². The van der Waals surface area contributed by atoms with E-state index >= 15 is 0 Å². The lowest BCUT2D eigenvalue weighted by molar-refractivity contribution is 0.0632. The summed E-state index contributed by atoms with van der Waals surface area (Å²) in [5.41, 5.74) is 0. The topological polar surface area (TPSA) is 35.5 Å². The highest BCUT2D eigenvalue weighted by molar-refractivity contribution is 5.60. The molecule has 0 amide bonds. The van der Waals surface area contributed by atoms with Crippen molar-refractivity contribution in [1.29, 1.82) is 0 Å². The predicted octanol–water partition coefficient (Wildman–Crippen LogP) is 2.74. The van der Waals surface area contributed by atoms with Gasteiger partial charge in [0.2, 0.25) is 0 Å². The summed E-state index contributed by atoms with van der Waals surface area (Å²) in [6.07, 6.45) is 3.74. The van der Waals surface area contributed by atoms with E-state index in [1.807, 2.05) is 0 Å². The Morgan fingerprint density at radius 1 is 1.21 bits per heavy atom. The molecule has 14 heavy (non-hydrogen) atoms. The van der Waals surface area contributed by atoms with Crippen molar-refractivity contribution in [3.63, 3.8) is 0 Å². The van der Waals surface area contributed by atoms with Gasteiger partial charge in [0.25, 0.3) is 0 Å². The summed E-state index contributed by atoms with van der Waals surface area (Å²) in [5, 5.41) is 0. The van der Waals surface area contributed by atoms with E-state index < -0.39 is 6.16 Å². The number of rotatable bonds is 6. The summed E-state index contributed by atoms with van der Waals surface area (Å²) in [7, 11) is 0. The van der Waals surface area contributed by atoms with Crippen LogP contribution in [-0.4, -0.2) is 19.4 Å². The number of carbonyl (C=O) groups excluding carboxylic acids is 1. The van der Waals surface area contributed by atoms with Crippen molar-refractivity contribution >= 4 is 6.16 Å². The molecule has 0 saturated carbocycles. The molecule has 0 aliphatic heterocycles. The molecule has 0 aliphatic carbocycles. The molecule has 0 aromatic carbocycles. The molecule has 0 atom stereocenters. The van der Waals surface area contributed by atoms with Crippen LogP contribution in [0.15, 0.2) is 0 Å². The second-order valence-electron chi connectivity index (χ2n) is 2.87. The molecule has 0 aromatic rings. The van der Waals surface area contributed by atoms with Crippen LogP contribution < -0.4 is 0 Å². The molecular weight excluding hydrogens is 180 g/mol. The number of ether oxygens (including phenoxy) is 2. The minimum absolute atomic E-state index is 0.115. The van der Waals surface area contributed by atoms with Crippen molar-refractivity contribution < 1.29 is 14.3 Å². The molecule has 0 heterocycles. The molecule has 0 spiro atoms. The highest BCUT2D eigenvalue weighted by Gasteiger charge is 2.00. The van der Waals surface area contributed by atoms with Gasteiger partial charge < -0.3 is 9.47 Å². The van der Waals surface area contributed by atoms with E-state index in [4.69, 9.17) is 4.74 Å². The summed E-state index contributed by atoms with van der Waals surface area (Å²) in [6, 6.07) is 0. The van der Waals surface area contributed by atoms with E-state index in [9.17, 15) is 4.79 Å². The number of hydrogen-bond acceptors (Lipinski definition) is 3. The summed E-state index contributed by atoms with van der Waals surface area (Å²) in [4.78, 5) is 10.8. The van der Waals surface area contributed by atoms with Crippen molar-refractivity contribution in [3.8, 4) is 11.8 Å². The van der Waals surface area contributed by atoms with Gasteiger partial charge in [-0.25, -0.2) is 4.79 Å². The van der Waals surface area contributed by atoms with E-state index in [1.165, 1.54) is 12.8 Å². The Morgan fingerprint density at radius 3 is 2.64 bits per heavy atom. The molecule has 0 aliphatic rings. The summed E-state index contributed by atoms with van der Waals surface area (Å²) in [6.45, 7) is 4.39. The van der Waals surface area contributed by atoms with Crippen LogP contribution in [0.3, 0.4) is 0 Å². The Kier molecular flexibility index (Phi) is 9.09. The lowest BCUT2D eigenvalue weighted by Gasteiger charge is -2.03. The van der Waals surface area contributed by atoms with Crippen molar-refractivity contribution in [2.45, 2.75) is 39.5 Å². The Bertz CT molecular complexity index is 200. The predicted molar refractivity (Wildman–Crippen MR) is 54.9 cm³/mol. The molecule has 0 unspecified atom stereocenters. The third-order valence-corrected chi connectivity index (χ3v) is 1.66. The summed E-state index contributed by atoms with van der Waals surface area (Å²) < 4.78 is 9.46. The van der Waals surface area contributed by atoms with Crippen LogP contribution in [0, 0.1) is 11.8 Å². The molecule has 0 rings (SSSR count). The molecule has 80 valence electrons. The van der Waals surface area contributed by atoms with Crippen molar-refractivity contribution in [3.05, 3.63) is 0 Å². The first kappa shape index (κ1) is 12.8. The molecule has 0 radical (unpaired) electrons. The SMILES string of the molecule is CC#CCOC(=O)OCCCCCC. The average molecular weight is 198 g/mol. The zero-order chi connectivity index (χ0) is 10.6. The lowest BCUT2D eigenvalue weighted by atomic mass is 10.2. The Morgan fingerprint density at radius 2 is 2.00 bits per heavy atom. The maximum absolute atomic E-state index is 10.8. The Balaban J connectivity index is 3.21. The van der Waals surface area contributed by atoms with Crippen LogP contribution in [0.1, 0.15) is 39.5 Å². The highest BCUT2D eigenvalue weighted by atomic mass is 16.7. The van der Waals surface area contributed by atoms with Gasteiger partial charge in [0.05, 0.1) is 6.61 Å². The second kappa shape index (κ2) is 9.91. The maximum Gasteiger partial charge on any atom is 0.509 e. The molecule has 0 saturated heterocycles. The molecule has 0 bridgehead atoms. The summed E-state index contributed by atoms with van der Waals surface area (Å²) in [5.74, 6) is 5.24. The fraction of sp³-hybridized carbons (Fsp3) is 0.727. The van der Waals surface area contributed by atoms with Gasteiger partial charge in [0.1, 0.15) is 0 Å². The number of unbranched alkanes of at least 4 members (excludes halogenated alkanes) is 3. The monoisotopic (exact) mass is 198 g/mol. The van der Waals surface area contributed by atoms with E-state index in [-0.39, 0.29) is 6.61 Å². The molecule has 3 heteroatoms. The standard InChI is InChI=1S/C11H18O3/c1-3-5-7-8-10-14-11(12)13-9-6-4-2/h3,5,7-10H2,1-2H3. The minimum Gasteiger partial charge on any atom is -0.434 e. The molecule has 3 nitrogen and oxygen atoms in total. The average Bonchev–Trinajstić information content (AvgIpc) is 2.18. The van der Waals surface area contributed by atoms with Gasteiger partial charge >= 0.3 is 6.16 Å². The van der Waals surface area contributed by atoms with Crippen molar-refractivity contribution in [1.82, 2.24) is 0 Å². The molecular formula is C11H18O3. The van der Waals surface area contributed by atoms with Crippen LogP contribution in [0.25, 0.3) is 0 Å².